The fourth-order valence-electron chi connectivity index (χ4n) is 4.25. The molecule has 0 N–H and O–H groups in total. The zero-order valence-corrected chi connectivity index (χ0v) is 20.7. The van der Waals surface area contributed by atoms with Gasteiger partial charge in [0.2, 0.25) is 5.91 Å². The number of halogens is 5. The van der Waals surface area contributed by atoms with E-state index in [0.29, 0.717) is 9.90 Å². The van der Waals surface area contributed by atoms with Gasteiger partial charge >= 0.3 is 6.18 Å². The van der Waals surface area contributed by atoms with Crippen molar-refractivity contribution >= 4 is 39.1 Å². The number of hydrogen-bond acceptors (Lipinski definition) is 3. The van der Waals surface area contributed by atoms with Crippen LogP contribution in [-0.4, -0.2) is 30.8 Å². The van der Waals surface area contributed by atoms with Crippen LogP contribution in [0.4, 0.5) is 17.6 Å². The van der Waals surface area contributed by atoms with Gasteiger partial charge in [-0.3, -0.25) is 9.48 Å². The van der Waals surface area contributed by atoms with Crippen LogP contribution in [-0.2, 0) is 29.2 Å². The number of thiophene rings is 1. The summed E-state index contributed by atoms with van der Waals surface area (Å²) < 4.78 is 58.4. The molecule has 1 aromatic carbocycles. The van der Waals surface area contributed by atoms with Gasteiger partial charge in [0, 0.05) is 39.0 Å². The second-order valence-corrected chi connectivity index (χ2v) is 10.7. The van der Waals surface area contributed by atoms with E-state index in [1.54, 1.807) is 19.1 Å². The summed E-state index contributed by atoms with van der Waals surface area (Å²) in [5.41, 5.74) is -0.763. The third-order valence-electron chi connectivity index (χ3n) is 5.75. The number of alkyl halides is 3. The molecule has 4 nitrogen and oxygen atoms in total. The molecule has 0 saturated carbocycles. The number of fused-ring (bicyclic) bond motifs is 1. The molecule has 0 unspecified atom stereocenters. The number of aryl methyl sites for hydroxylation is 1. The lowest BCUT2D eigenvalue weighted by Crippen LogP contribution is -2.46. The fraction of sp³-hybridized carbons (Fsp3) is 0.238. The number of carbonyl (C=O) groups excluding carboxylic acids is 1. The molecule has 11 heteroatoms. The van der Waals surface area contributed by atoms with E-state index in [1.807, 2.05) is 0 Å². The molecule has 0 bridgehead atoms. The predicted molar refractivity (Wildman–Crippen MR) is 119 cm³/mol. The third kappa shape index (κ3) is 3.41. The highest BCUT2D eigenvalue weighted by atomic mass is 35.5. The Labute approximate surface area is 193 Å². The Balaban J connectivity index is 2.05. The topological polar surface area (TPSA) is 38.1 Å². The summed E-state index contributed by atoms with van der Waals surface area (Å²) in [6, 6.07) is 5.83. The van der Waals surface area contributed by atoms with E-state index in [0.717, 1.165) is 21.7 Å². The highest BCUT2D eigenvalue weighted by molar-refractivity contribution is 7.16. The van der Waals surface area contributed by atoms with Crippen LogP contribution in [0.1, 0.15) is 28.6 Å². The maximum absolute atomic E-state index is 15.3. The van der Waals surface area contributed by atoms with Gasteiger partial charge in [0.1, 0.15) is 5.82 Å². The molecule has 2 aromatic heterocycles. The summed E-state index contributed by atoms with van der Waals surface area (Å²) >= 11 is 7.52. The van der Waals surface area contributed by atoms with Gasteiger partial charge in [-0.25, -0.2) is 4.39 Å². The quantitative estimate of drug-likeness (QED) is 0.300. The number of amides is 1. The van der Waals surface area contributed by atoms with Crippen LogP contribution < -0.4 is 0 Å². The zero-order valence-electron chi connectivity index (χ0n) is 17.1. The van der Waals surface area contributed by atoms with Gasteiger partial charge < -0.3 is 4.90 Å². The van der Waals surface area contributed by atoms with Crippen molar-refractivity contribution in [1.82, 2.24) is 14.7 Å². The lowest BCUT2D eigenvalue weighted by molar-refractivity contribution is -0.141. The van der Waals surface area contributed by atoms with Gasteiger partial charge in [-0.1, -0.05) is 30.3 Å². The maximum Gasteiger partial charge on any atom is 0.435 e. The minimum Gasteiger partial charge on any atom is -0.324 e. The number of benzene rings is 1. The third-order valence-corrected chi connectivity index (χ3v) is 8.61. The molecule has 1 atom stereocenters. The molecule has 3 heterocycles. The van der Waals surface area contributed by atoms with Crippen LogP contribution in [0.2, 0.25) is 4.34 Å². The van der Waals surface area contributed by atoms with Gasteiger partial charge in [-0.2, -0.15) is 18.3 Å². The van der Waals surface area contributed by atoms with Crippen LogP contribution in [0.15, 0.2) is 43.1 Å². The first kappa shape index (κ1) is 22.7. The first-order chi connectivity index (χ1) is 15.0. The minimum absolute atomic E-state index is 0.185. The van der Waals surface area contributed by atoms with Crippen molar-refractivity contribution in [2.24, 2.45) is 0 Å². The lowest BCUT2D eigenvalue weighted by atomic mass is 9.90. The summed E-state index contributed by atoms with van der Waals surface area (Å²) in [6.07, 6.45) is -2.43. The standard InChI is InChI=1S/C21H18ClF4N3OSSi/c1-3-17(30)29-10-15-13(8-16(22)31-15)20(29,32)12-6-5-7-14(23)18(12)11-9-28(4-2)27-19(11)21(24,25)26/h3,5-9H,1,4,10H2,2,32H3/t20-/m1/s1. The molecule has 0 aliphatic carbocycles. The van der Waals surface area contributed by atoms with Crippen molar-refractivity contribution < 1.29 is 22.4 Å². The van der Waals surface area contributed by atoms with Crippen molar-refractivity contribution in [3.63, 3.8) is 0 Å². The molecule has 0 fully saturated rings. The lowest BCUT2D eigenvalue weighted by Gasteiger charge is -2.37. The Morgan fingerprint density at radius 1 is 1.41 bits per heavy atom. The van der Waals surface area contributed by atoms with Crippen molar-refractivity contribution in [1.29, 1.82) is 0 Å². The molecule has 3 aromatic rings. The van der Waals surface area contributed by atoms with Crippen molar-refractivity contribution in [2.45, 2.75) is 31.4 Å². The smallest absolute Gasteiger partial charge is 0.324 e. The monoisotopic (exact) mass is 499 g/mol. The van der Waals surface area contributed by atoms with Gasteiger partial charge in [0.25, 0.3) is 0 Å². The highest BCUT2D eigenvalue weighted by Crippen LogP contribution is 2.50. The van der Waals surface area contributed by atoms with Crippen molar-refractivity contribution in [3.05, 3.63) is 75.0 Å². The summed E-state index contributed by atoms with van der Waals surface area (Å²) in [7, 11) is 0.268. The molecule has 1 aliphatic rings. The number of aromatic nitrogens is 2. The van der Waals surface area contributed by atoms with Gasteiger partial charge in [-0.15, -0.1) is 11.3 Å². The van der Waals surface area contributed by atoms with E-state index in [1.165, 1.54) is 28.5 Å². The number of carbonyl (C=O) groups is 1. The fourth-order valence-corrected chi connectivity index (χ4v) is 7.04. The molecule has 1 amide bonds. The van der Waals surface area contributed by atoms with E-state index >= 15 is 4.39 Å². The first-order valence-corrected chi connectivity index (χ1v) is 11.9. The Morgan fingerprint density at radius 3 is 2.75 bits per heavy atom. The van der Waals surface area contributed by atoms with Gasteiger partial charge in [-0.05, 0) is 36.3 Å². The van der Waals surface area contributed by atoms with Gasteiger partial charge in [0.15, 0.2) is 5.69 Å². The van der Waals surface area contributed by atoms with E-state index in [-0.39, 0.29) is 40.0 Å². The van der Waals surface area contributed by atoms with Crippen LogP contribution >= 0.6 is 22.9 Å². The average molecular weight is 500 g/mol. The van der Waals surface area contributed by atoms with Crippen molar-refractivity contribution in [2.75, 3.05) is 0 Å². The zero-order chi connectivity index (χ0) is 23.4. The molecular formula is C21H18ClF4N3OSSi. The molecule has 1 aliphatic heterocycles. The van der Waals surface area contributed by atoms with Crippen LogP contribution in [0.25, 0.3) is 11.1 Å². The molecule has 32 heavy (non-hydrogen) atoms. The van der Waals surface area contributed by atoms with E-state index in [4.69, 9.17) is 11.6 Å². The molecule has 0 saturated heterocycles. The molecule has 0 spiro atoms. The summed E-state index contributed by atoms with van der Waals surface area (Å²) in [5, 5.41) is 2.52. The van der Waals surface area contributed by atoms with E-state index in [2.05, 4.69) is 11.7 Å². The molecular weight excluding hydrogens is 482 g/mol. The highest BCUT2D eigenvalue weighted by Gasteiger charge is 2.48. The van der Waals surface area contributed by atoms with Crippen molar-refractivity contribution in [3.8, 4) is 11.1 Å². The second kappa shape index (κ2) is 7.86. The second-order valence-electron chi connectivity index (χ2n) is 7.50. The average Bonchev–Trinajstić information content (AvgIpc) is 3.40. The Kier molecular flexibility index (Phi) is 5.59. The number of hydrogen-bond donors (Lipinski definition) is 0. The number of nitrogens with zero attached hydrogens (tertiary/aromatic N) is 3. The Hall–Kier alpha value is -2.43. The Bertz CT molecular complexity index is 1240. The molecule has 168 valence electrons. The predicted octanol–water partition coefficient (Wildman–Crippen LogP) is 4.54. The first-order valence-electron chi connectivity index (χ1n) is 9.69. The minimum atomic E-state index is -4.78. The molecule has 4 rings (SSSR count). The SMILES string of the molecule is C=CC(=O)N1Cc2sc(Cl)cc2[C@]1([SiH3])c1cccc(F)c1-c1cn(CC)nc1C(F)(F)F. The summed E-state index contributed by atoms with van der Waals surface area (Å²) in [6.45, 7) is 5.61. The summed E-state index contributed by atoms with van der Waals surface area (Å²) in [5.74, 6) is -1.21. The largest absolute Gasteiger partial charge is 0.435 e. The normalized spacial score (nSPS) is 18.2. The van der Waals surface area contributed by atoms with Crippen LogP contribution in [0.5, 0.6) is 0 Å². The van der Waals surface area contributed by atoms with Crippen LogP contribution in [0.3, 0.4) is 0 Å². The Morgan fingerprint density at radius 2 is 2.12 bits per heavy atom. The van der Waals surface area contributed by atoms with E-state index in [9.17, 15) is 18.0 Å². The maximum atomic E-state index is 15.3. The van der Waals surface area contributed by atoms with Crippen LogP contribution in [0, 0.1) is 5.82 Å². The van der Waals surface area contributed by atoms with Gasteiger partial charge in [0.05, 0.1) is 16.0 Å². The molecule has 0 radical (unpaired) electrons. The van der Waals surface area contributed by atoms with E-state index < -0.39 is 28.8 Å². The summed E-state index contributed by atoms with van der Waals surface area (Å²) in [4.78, 5) is 15.1. The number of rotatable bonds is 4.